The second kappa shape index (κ2) is 10.4. The molecule has 0 saturated carbocycles. The summed E-state index contributed by atoms with van der Waals surface area (Å²) in [7, 11) is 3.40. The number of rotatable bonds is 8. The number of ether oxygens (including phenoxy) is 2. The van der Waals surface area contributed by atoms with Crippen LogP contribution in [0.3, 0.4) is 0 Å². The summed E-state index contributed by atoms with van der Waals surface area (Å²) in [6.45, 7) is 12.4. The Bertz CT molecular complexity index is 1070. The third-order valence-electron chi connectivity index (χ3n) is 5.61. The average molecular weight is 484 g/mol. The molecule has 34 heavy (non-hydrogen) atoms. The van der Waals surface area contributed by atoms with Crippen molar-refractivity contribution in [1.29, 1.82) is 0 Å². The molecule has 9 heteroatoms. The summed E-state index contributed by atoms with van der Waals surface area (Å²) in [6, 6.07) is 4.67. The smallest absolute Gasteiger partial charge is 0.416 e. The Labute approximate surface area is 199 Å². The molecule has 1 amide bonds. The van der Waals surface area contributed by atoms with Gasteiger partial charge in [-0.15, -0.1) is 0 Å². The van der Waals surface area contributed by atoms with Crippen LogP contribution in [0.4, 0.5) is 13.2 Å². The first-order valence-corrected chi connectivity index (χ1v) is 11.4. The molecule has 2 aromatic rings. The first-order valence-electron chi connectivity index (χ1n) is 11.4. The van der Waals surface area contributed by atoms with E-state index >= 15 is 0 Å². The highest BCUT2D eigenvalue weighted by Gasteiger charge is 2.32. The largest absolute Gasteiger partial charge is 0.490 e. The van der Waals surface area contributed by atoms with E-state index in [1.165, 1.54) is 7.11 Å². The molecule has 0 bridgehead atoms. The van der Waals surface area contributed by atoms with E-state index < -0.39 is 23.2 Å². The molecular weight excluding hydrogens is 447 g/mol. The molecule has 1 aromatic carbocycles. The zero-order chi connectivity index (χ0) is 25.9. The number of methoxy groups -OCH3 is 1. The fourth-order valence-corrected chi connectivity index (χ4v) is 3.41. The Kier molecular flexibility index (Phi) is 8.45. The van der Waals surface area contributed by atoms with Gasteiger partial charge in [-0.1, -0.05) is 34.1 Å². The van der Waals surface area contributed by atoms with Gasteiger partial charge in [0.2, 0.25) is 0 Å². The van der Waals surface area contributed by atoms with Crippen molar-refractivity contribution in [3.63, 3.8) is 0 Å². The van der Waals surface area contributed by atoms with Crippen LogP contribution in [0, 0.1) is 0 Å². The van der Waals surface area contributed by atoms with Crippen molar-refractivity contribution < 1.29 is 27.4 Å². The number of carbonyl (C=O) groups excluding carboxylic acids is 1. The standard InChI is InChI=1S/C25H36F3N3O3/c1-9-10-13-31-21(15-20(30(31)7)23(2,3)4)29-22(32)18-14-17(25(26,27)28)11-12-19(18)34-16-24(5,6)33-8/h11-12,14-15H,9-10,13,16H2,1-8H3/b29-21+. The number of alkyl halides is 3. The topological polar surface area (TPSA) is 57.8 Å². The lowest BCUT2D eigenvalue weighted by molar-refractivity contribution is -0.137. The first-order chi connectivity index (χ1) is 15.6. The van der Waals surface area contributed by atoms with Crippen molar-refractivity contribution in [1.82, 2.24) is 9.36 Å². The van der Waals surface area contributed by atoms with Crippen LogP contribution >= 0.6 is 0 Å². The molecular formula is C25H36F3N3O3. The van der Waals surface area contributed by atoms with Crippen LogP contribution in [0.25, 0.3) is 0 Å². The van der Waals surface area contributed by atoms with Gasteiger partial charge in [0.15, 0.2) is 5.49 Å². The second-order valence-corrected chi connectivity index (χ2v) is 10.0. The third-order valence-corrected chi connectivity index (χ3v) is 5.61. The van der Waals surface area contributed by atoms with Crippen molar-refractivity contribution in [2.45, 2.75) is 78.1 Å². The minimum Gasteiger partial charge on any atom is -0.490 e. The highest BCUT2D eigenvalue weighted by atomic mass is 19.4. The summed E-state index contributed by atoms with van der Waals surface area (Å²) in [5, 5.41) is 0. The number of nitrogens with zero attached hydrogens (tertiary/aromatic N) is 3. The van der Waals surface area contributed by atoms with Gasteiger partial charge in [-0.05, 0) is 38.5 Å². The molecule has 0 aliphatic carbocycles. The minimum absolute atomic E-state index is 0.0268. The van der Waals surface area contributed by atoms with Gasteiger partial charge in [-0.3, -0.25) is 14.2 Å². The first kappa shape index (κ1) is 27.7. The molecule has 0 N–H and O–H groups in total. The number of hydrogen-bond acceptors (Lipinski definition) is 3. The van der Waals surface area contributed by atoms with Gasteiger partial charge in [-0.2, -0.15) is 18.2 Å². The van der Waals surface area contributed by atoms with E-state index in [2.05, 4.69) is 11.9 Å². The molecule has 0 atom stereocenters. The van der Waals surface area contributed by atoms with Gasteiger partial charge in [0, 0.05) is 37.9 Å². The van der Waals surface area contributed by atoms with Crippen LogP contribution in [-0.2, 0) is 29.9 Å². The highest BCUT2D eigenvalue weighted by Crippen LogP contribution is 2.33. The molecule has 0 aliphatic heterocycles. The Hall–Kier alpha value is -2.55. The molecule has 190 valence electrons. The minimum atomic E-state index is -4.60. The third kappa shape index (κ3) is 6.74. The van der Waals surface area contributed by atoms with Gasteiger partial charge < -0.3 is 9.47 Å². The van der Waals surface area contributed by atoms with Crippen LogP contribution < -0.4 is 10.2 Å². The molecule has 0 spiro atoms. The number of aromatic nitrogens is 2. The van der Waals surface area contributed by atoms with Gasteiger partial charge in [0.25, 0.3) is 5.91 Å². The Morgan fingerprint density at radius 2 is 1.74 bits per heavy atom. The molecule has 1 heterocycles. The number of carbonyl (C=O) groups is 1. The van der Waals surface area contributed by atoms with Gasteiger partial charge in [0.1, 0.15) is 12.4 Å². The number of unbranched alkanes of at least 4 members (excludes halogenated alkanes) is 1. The normalized spacial score (nSPS) is 13.4. The lowest BCUT2D eigenvalue weighted by atomic mass is 9.92. The van der Waals surface area contributed by atoms with Crippen molar-refractivity contribution in [2.24, 2.45) is 12.0 Å². The number of amides is 1. The van der Waals surface area contributed by atoms with Gasteiger partial charge in [0.05, 0.1) is 16.7 Å². The van der Waals surface area contributed by atoms with Crippen LogP contribution in [-0.4, -0.2) is 34.6 Å². The summed E-state index contributed by atoms with van der Waals surface area (Å²) in [4.78, 5) is 17.5. The maximum Gasteiger partial charge on any atom is 0.416 e. The Morgan fingerprint density at radius 3 is 2.26 bits per heavy atom. The lowest BCUT2D eigenvalue weighted by Crippen LogP contribution is -2.31. The van der Waals surface area contributed by atoms with E-state index in [4.69, 9.17) is 9.47 Å². The molecule has 0 radical (unpaired) electrons. The molecule has 0 fully saturated rings. The molecule has 0 saturated heterocycles. The molecule has 6 nitrogen and oxygen atoms in total. The SMILES string of the molecule is CCCCn1/c(=N/C(=O)c2cc(C(F)(F)F)ccc2OCC(C)(C)OC)cc(C(C)(C)C)n1C. The number of benzene rings is 1. The summed E-state index contributed by atoms with van der Waals surface area (Å²) >= 11 is 0. The quantitative estimate of drug-likeness (QED) is 0.499. The molecule has 0 aliphatic rings. The predicted octanol–water partition coefficient (Wildman–Crippen LogP) is 5.49. The zero-order valence-electron chi connectivity index (χ0n) is 21.3. The zero-order valence-corrected chi connectivity index (χ0v) is 21.3. The average Bonchev–Trinajstić information content (AvgIpc) is 3.05. The van der Waals surface area contributed by atoms with Crippen molar-refractivity contribution in [3.05, 3.63) is 46.6 Å². The fraction of sp³-hybridized carbons (Fsp3) is 0.600. The highest BCUT2D eigenvalue weighted by molar-refractivity contribution is 5.97. The summed E-state index contributed by atoms with van der Waals surface area (Å²) in [6.07, 6.45) is -2.79. The van der Waals surface area contributed by atoms with Crippen LogP contribution in [0.1, 0.15) is 76.0 Å². The van der Waals surface area contributed by atoms with Gasteiger partial charge in [-0.25, -0.2) is 0 Å². The van der Waals surface area contributed by atoms with E-state index in [-0.39, 0.29) is 23.3 Å². The molecule has 2 rings (SSSR count). The van der Waals surface area contributed by atoms with Crippen molar-refractivity contribution in [3.8, 4) is 5.75 Å². The number of halogens is 3. The van der Waals surface area contributed by atoms with E-state index in [0.29, 0.717) is 12.0 Å². The van der Waals surface area contributed by atoms with E-state index in [9.17, 15) is 18.0 Å². The molecule has 1 aromatic heterocycles. The lowest BCUT2D eigenvalue weighted by Gasteiger charge is -2.23. The Balaban J connectivity index is 2.63. The predicted molar refractivity (Wildman–Crippen MR) is 125 cm³/mol. The maximum absolute atomic E-state index is 13.4. The van der Waals surface area contributed by atoms with E-state index in [1.807, 2.05) is 43.2 Å². The monoisotopic (exact) mass is 483 g/mol. The van der Waals surface area contributed by atoms with Crippen LogP contribution in [0.2, 0.25) is 0 Å². The van der Waals surface area contributed by atoms with Crippen molar-refractivity contribution in [2.75, 3.05) is 13.7 Å². The summed E-state index contributed by atoms with van der Waals surface area (Å²) in [5.41, 5.74) is -0.735. The van der Waals surface area contributed by atoms with Crippen LogP contribution in [0.15, 0.2) is 29.3 Å². The van der Waals surface area contributed by atoms with E-state index in [1.54, 1.807) is 13.8 Å². The van der Waals surface area contributed by atoms with E-state index in [0.717, 1.165) is 36.7 Å². The maximum atomic E-state index is 13.4. The summed E-state index contributed by atoms with van der Waals surface area (Å²) in [5.74, 6) is -0.772. The van der Waals surface area contributed by atoms with Gasteiger partial charge >= 0.3 is 6.18 Å². The second-order valence-electron chi connectivity index (χ2n) is 10.0. The summed E-state index contributed by atoms with van der Waals surface area (Å²) < 4.78 is 55.1. The number of hydrogen-bond donors (Lipinski definition) is 0. The van der Waals surface area contributed by atoms with Crippen LogP contribution in [0.5, 0.6) is 5.75 Å². The Morgan fingerprint density at radius 1 is 1.09 bits per heavy atom. The van der Waals surface area contributed by atoms with Crippen molar-refractivity contribution >= 4 is 5.91 Å². The fourth-order valence-electron chi connectivity index (χ4n) is 3.41. The molecule has 0 unspecified atom stereocenters.